The van der Waals surface area contributed by atoms with E-state index in [0.29, 0.717) is 55.7 Å². The number of amides is 2. The summed E-state index contributed by atoms with van der Waals surface area (Å²) < 4.78 is 26.2. The van der Waals surface area contributed by atoms with Crippen molar-refractivity contribution in [3.05, 3.63) is 124 Å². The van der Waals surface area contributed by atoms with Gasteiger partial charge in [-0.15, -0.1) is 0 Å². The van der Waals surface area contributed by atoms with Crippen molar-refractivity contribution in [2.45, 2.75) is 45.4 Å². The molecule has 11 heteroatoms. The van der Waals surface area contributed by atoms with Gasteiger partial charge in [0.05, 0.1) is 11.6 Å². The lowest BCUT2D eigenvalue weighted by Gasteiger charge is -2.40. The molecule has 2 aliphatic rings. The van der Waals surface area contributed by atoms with Crippen molar-refractivity contribution in [1.29, 1.82) is 0 Å². The molecule has 280 valence electrons. The molecule has 1 atom stereocenters. The first kappa shape index (κ1) is 38.6. The van der Waals surface area contributed by atoms with E-state index in [9.17, 15) is 14.0 Å². The monoisotopic (exact) mass is 760 g/mol. The number of likely N-dealkylation sites (tertiary alicyclic amines) is 1. The van der Waals surface area contributed by atoms with Crippen LogP contribution in [0.2, 0.25) is 10.0 Å². The molecule has 4 aromatic rings. The van der Waals surface area contributed by atoms with Crippen LogP contribution in [0.3, 0.4) is 0 Å². The van der Waals surface area contributed by atoms with Crippen molar-refractivity contribution < 1.29 is 23.5 Å². The Bertz CT molecular complexity index is 1820. The smallest absolute Gasteiger partial charge is 0.408 e. The number of piperidine rings is 1. The molecule has 8 nitrogen and oxygen atoms in total. The van der Waals surface area contributed by atoms with Crippen molar-refractivity contribution in [2.24, 2.45) is 5.92 Å². The van der Waals surface area contributed by atoms with Gasteiger partial charge in [0, 0.05) is 49.9 Å². The second-order valence-corrected chi connectivity index (χ2v) is 14.5. The van der Waals surface area contributed by atoms with Crippen LogP contribution in [0.4, 0.5) is 9.18 Å². The fourth-order valence-corrected chi connectivity index (χ4v) is 7.73. The number of rotatable bonds is 13. The Morgan fingerprint density at radius 3 is 2.26 bits per heavy atom. The lowest BCUT2D eigenvalue weighted by atomic mass is 9.88. The molecule has 6 rings (SSSR count). The van der Waals surface area contributed by atoms with Crippen molar-refractivity contribution in [3.63, 3.8) is 0 Å². The van der Waals surface area contributed by atoms with Crippen LogP contribution in [0.5, 0.6) is 5.75 Å². The maximum absolute atomic E-state index is 14.9. The minimum Gasteiger partial charge on any atom is -0.492 e. The summed E-state index contributed by atoms with van der Waals surface area (Å²) >= 11 is 12.8. The van der Waals surface area contributed by atoms with Crippen LogP contribution in [-0.4, -0.2) is 85.2 Å². The summed E-state index contributed by atoms with van der Waals surface area (Å²) in [5.74, 6) is -0.178. The number of carbonyl (C=O) groups excluding carboxylic acids is 2. The van der Waals surface area contributed by atoms with E-state index in [2.05, 4.69) is 39.4 Å². The number of benzene rings is 4. The lowest BCUT2D eigenvalue weighted by Crippen LogP contribution is -2.58. The maximum Gasteiger partial charge on any atom is 0.408 e. The number of ether oxygens (including phenoxy) is 2. The molecule has 53 heavy (non-hydrogen) atoms. The first-order valence-electron chi connectivity index (χ1n) is 18.4. The van der Waals surface area contributed by atoms with Gasteiger partial charge in [0.2, 0.25) is 5.91 Å². The Hall–Kier alpha value is -4.15. The Balaban J connectivity index is 1.08. The molecule has 0 unspecified atom stereocenters. The van der Waals surface area contributed by atoms with Crippen molar-refractivity contribution >= 4 is 35.2 Å². The Morgan fingerprint density at radius 1 is 0.868 bits per heavy atom. The minimum atomic E-state index is -0.723. The molecule has 0 aromatic heterocycles. The molecule has 2 fully saturated rings. The van der Waals surface area contributed by atoms with E-state index >= 15 is 0 Å². The Kier molecular flexibility index (Phi) is 13.6. The number of nitrogens with zero attached hydrogens (tertiary/aromatic N) is 3. The highest BCUT2D eigenvalue weighted by molar-refractivity contribution is 6.32. The molecule has 0 saturated carbocycles. The van der Waals surface area contributed by atoms with Crippen LogP contribution in [-0.2, 0) is 29.1 Å². The summed E-state index contributed by atoms with van der Waals surface area (Å²) in [5.41, 5.74) is 4.83. The zero-order valence-electron chi connectivity index (χ0n) is 30.1. The number of hydrogen-bond acceptors (Lipinski definition) is 6. The summed E-state index contributed by atoms with van der Waals surface area (Å²) in [6.07, 6.45) is 1.75. The second kappa shape index (κ2) is 18.7. The molecule has 0 spiro atoms. The van der Waals surface area contributed by atoms with Gasteiger partial charge in [-0.3, -0.25) is 9.69 Å². The van der Waals surface area contributed by atoms with E-state index < -0.39 is 12.1 Å². The molecule has 2 saturated heterocycles. The molecule has 2 heterocycles. The summed E-state index contributed by atoms with van der Waals surface area (Å²) in [7, 11) is 0. The zero-order chi connectivity index (χ0) is 37.2. The third kappa shape index (κ3) is 10.3. The topological polar surface area (TPSA) is 74.3 Å². The van der Waals surface area contributed by atoms with Crippen LogP contribution in [0, 0.1) is 11.7 Å². The maximum atomic E-state index is 14.9. The third-order valence-electron chi connectivity index (χ3n) is 10.2. The average Bonchev–Trinajstić information content (AvgIpc) is 3.19. The summed E-state index contributed by atoms with van der Waals surface area (Å²) in [6, 6.07) is 28.0. The van der Waals surface area contributed by atoms with Gasteiger partial charge >= 0.3 is 6.09 Å². The molecule has 4 aromatic carbocycles. The largest absolute Gasteiger partial charge is 0.492 e. The van der Waals surface area contributed by atoms with E-state index in [1.54, 1.807) is 0 Å². The molecule has 2 aliphatic heterocycles. The van der Waals surface area contributed by atoms with E-state index in [1.807, 2.05) is 66.4 Å². The number of alkyl carbamates (subject to hydrolysis) is 1. The number of piperazine rings is 1. The first-order chi connectivity index (χ1) is 25.8. The van der Waals surface area contributed by atoms with E-state index in [1.165, 1.54) is 23.3 Å². The highest BCUT2D eigenvalue weighted by Gasteiger charge is 2.37. The third-order valence-corrected chi connectivity index (χ3v) is 10.7. The average molecular weight is 762 g/mol. The van der Waals surface area contributed by atoms with Gasteiger partial charge in [0.15, 0.2) is 0 Å². The zero-order valence-corrected chi connectivity index (χ0v) is 31.6. The van der Waals surface area contributed by atoms with Crippen LogP contribution >= 0.6 is 23.2 Å². The van der Waals surface area contributed by atoms with Gasteiger partial charge < -0.3 is 24.6 Å². The van der Waals surface area contributed by atoms with Crippen LogP contribution < -0.4 is 10.1 Å². The Morgan fingerprint density at radius 2 is 1.57 bits per heavy atom. The van der Waals surface area contributed by atoms with Gasteiger partial charge in [-0.1, -0.05) is 89.9 Å². The van der Waals surface area contributed by atoms with Gasteiger partial charge in [-0.2, -0.15) is 0 Å². The predicted octanol–water partition coefficient (Wildman–Crippen LogP) is 8.09. The Labute approximate surface area is 321 Å². The molecule has 1 N–H and O–H groups in total. The number of halogens is 3. The van der Waals surface area contributed by atoms with Crippen LogP contribution in [0.25, 0.3) is 11.1 Å². The molecule has 2 amide bonds. The molecule has 0 bridgehead atoms. The summed E-state index contributed by atoms with van der Waals surface area (Å²) in [4.78, 5) is 33.7. The molecular formula is C42H47Cl2FN4O4. The van der Waals surface area contributed by atoms with Gasteiger partial charge in [0.1, 0.15) is 24.2 Å². The van der Waals surface area contributed by atoms with Gasteiger partial charge in [0.25, 0.3) is 0 Å². The van der Waals surface area contributed by atoms with Gasteiger partial charge in [-0.25, -0.2) is 9.18 Å². The number of hydrogen-bond donors (Lipinski definition) is 1. The van der Waals surface area contributed by atoms with E-state index in [0.717, 1.165) is 55.0 Å². The highest BCUT2D eigenvalue weighted by atomic mass is 35.5. The molecule has 0 aliphatic carbocycles. The minimum absolute atomic E-state index is 0.0542. The van der Waals surface area contributed by atoms with E-state index in [4.69, 9.17) is 32.7 Å². The summed E-state index contributed by atoms with van der Waals surface area (Å²) in [5, 5.41) is 4.06. The van der Waals surface area contributed by atoms with Gasteiger partial charge in [-0.05, 0) is 91.7 Å². The normalized spacial score (nSPS) is 16.3. The van der Waals surface area contributed by atoms with E-state index in [-0.39, 0.29) is 24.2 Å². The van der Waals surface area contributed by atoms with Crippen LogP contribution in [0.15, 0.2) is 91.0 Å². The van der Waals surface area contributed by atoms with Crippen molar-refractivity contribution in [2.75, 3.05) is 52.4 Å². The van der Waals surface area contributed by atoms with Crippen LogP contribution in [0.1, 0.15) is 36.5 Å². The SMILES string of the molecule is CCOc1c(Cl)ccc(F)c1CN1CCN(C(=O)[C@H](NC(=O)OCc2ccccc2)C2CCN(CCc3cc(Cl)ccc3-c3ccccc3)CC2)CC1. The second-order valence-electron chi connectivity index (χ2n) is 13.7. The predicted molar refractivity (Wildman–Crippen MR) is 208 cm³/mol. The number of nitrogens with one attached hydrogen (secondary N) is 1. The quantitative estimate of drug-likeness (QED) is 0.149. The van der Waals surface area contributed by atoms with Crippen molar-refractivity contribution in [1.82, 2.24) is 20.0 Å². The molecular weight excluding hydrogens is 714 g/mol. The fraction of sp³-hybridized carbons (Fsp3) is 0.381. The summed E-state index contributed by atoms with van der Waals surface area (Å²) in [6.45, 7) is 7.09. The lowest BCUT2D eigenvalue weighted by molar-refractivity contribution is -0.137. The fourth-order valence-electron chi connectivity index (χ4n) is 7.30. The van der Waals surface area contributed by atoms with Crippen molar-refractivity contribution in [3.8, 4) is 16.9 Å². The molecule has 0 radical (unpaired) electrons. The first-order valence-corrected chi connectivity index (χ1v) is 19.2. The number of carbonyl (C=O) groups is 2. The highest BCUT2D eigenvalue weighted by Crippen LogP contribution is 2.33. The standard InChI is InChI=1S/C42H47Cl2FN4O4/c1-2-52-40-36(38(45)16-15-37(40)44)28-48-23-25-49(26-24-48)41(50)39(46-42(51)53-29-30-9-5-3-6-10-30)32-17-20-47(21-18-32)22-19-33-27-34(43)13-14-35(33)31-11-7-4-8-12-31/h3-16,27,32,39H,2,17-26,28-29H2,1H3,(H,46,51)/t39-/m1/s1.